The first-order chi connectivity index (χ1) is 13.0. The summed E-state index contributed by atoms with van der Waals surface area (Å²) >= 11 is 5.04. The van der Waals surface area contributed by atoms with Crippen LogP contribution in [-0.2, 0) is 0 Å². The van der Waals surface area contributed by atoms with Gasteiger partial charge in [0, 0.05) is 23.1 Å². The van der Waals surface area contributed by atoms with Crippen LogP contribution in [-0.4, -0.2) is 42.0 Å². The number of fused-ring (bicyclic) bond motifs is 1. The summed E-state index contributed by atoms with van der Waals surface area (Å²) in [6.45, 7) is 9.73. The van der Waals surface area contributed by atoms with Gasteiger partial charge < -0.3 is 4.90 Å². The van der Waals surface area contributed by atoms with Crippen molar-refractivity contribution in [1.82, 2.24) is 9.88 Å². The molecule has 0 radical (unpaired) electrons. The molecule has 7 heteroatoms. The molecule has 1 aromatic heterocycles. The van der Waals surface area contributed by atoms with E-state index in [1.54, 1.807) is 11.3 Å². The number of thiazole rings is 1. The van der Waals surface area contributed by atoms with E-state index in [0.29, 0.717) is 12.1 Å². The van der Waals surface area contributed by atoms with Crippen molar-refractivity contribution in [1.29, 1.82) is 0 Å². The fourth-order valence-corrected chi connectivity index (χ4v) is 4.47. The number of carbonyl (C=O) groups excluding carboxylic acids is 1. The quantitative estimate of drug-likeness (QED) is 0.428. The van der Waals surface area contributed by atoms with Gasteiger partial charge in [0.1, 0.15) is 0 Å². The maximum absolute atomic E-state index is 13.3. The van der Waals surface area contributed by atoms with Gasteiger partial charge >= 0.3 is 0 Å². The van der Waals surface area contributed by atoms with Crippen molar-refractivity contribution in [2.24, 2.45) is 0 Å². The Bertz CT molecular complexity index is 942. The van der Waals surface area contributed by atoms with Crippen LogP contribution in [0.15, 0.2) is 46.9 Å². The third-order valence-corrected chi connectivity index (χ3v) is 6.15. The van der Waals surface area contributed by atoms with Gasteiger partial charge in [0.25, 0.3) is 5.91 Å². The normalized spacial score (nSPS) is 10.9. The lowest BCUT2D eigenvalue weighted by molar-refractivity contribution is 0.0983. The summed E-state index contributed by atoms with van der Waals surface area (Å²) in [5, 5.41) is 0.757. The fraction of sp³-hybridized carbons (Fsp3) is 0.333. The van der Waals surface area contributed by atoms with Gasteiger partial charge in [0.2, 0.25) is 0 Å². The molecule has 0 fully saturated rings. The molecule has 0 spiro atoms. The minimum absolute atomic E-state index is 0. The first-order valence-electron chi connectivity index (χ1n) is 9.18. The summed E-state index contributed by atoms with van der Waals surface area (Å²) < 4.78 is 2.01. The van der Waals surface area contributed by atoms with Gasteiger partial charge in [-0.15, -0.1) is 12.4 Å². The summed E-state index contributed by atoms with van der Waals surface area (Å²) in [4.78, 5) is 22.2. The number of aryl methyl sites for hydroxylation is 1. The number of nitrogens with zero attached hydrogens (tertiary/aromatic N) is 3. The number of amides is 1. The van der Waals surface area contributed by atoms with Gasteiger partial charge in [-0.25, -0.2) is 4.98 Å². The van der Waals surface area contributed by atoms with Crippen LogP contribution in [0.4, 0.5) is 5.13 Å². The second-order valence-electron chi connectivity index (χ2n) is 6.46. The average Bonchev–Trinajstić information content (AvgIpc) is 3.07. The third kappa shape index (κ3) is 5.32. The second-order valence-corrected chi connectivity index (χ2v) is 8.39. The zero-order chi connectivity index (χ0) is 19.4. The maximum atomic E-state index is 13.3. The number of hydrogen-bond acceptors (Lipinski definition) is 4. The average molecular weight is 483 g/mol. The SMILES string of the molecule is CCN(CC)CCN(C(=O)c1cccc(Br)c1)c1nc2ccc(C)cc2s1.Cl. The number of benzene rings is 2. The number of anilines is 1. The Balaban J connectivity index is 0.00000280. The van der Waals surface area contributed by atoms with E-state index in [-0.39, 0.29) is 18.3 Å². The molecule has 1 amide bonds. The number of hydrogen-bond donors (Lipinski definition) is 0. The van der Waals surface area contributed by atoms with Crippen LogP contribution in [0.25, 0.3) is 10.2 Å². The van der Waals surface area contributed by atoms with Gasteiger partial charge in [-0.3, -0.25) is 9.69 Å². The highest BCUT2D eigenvalue weighted by molar-refractivity contribution is 9.10. The van der Waals surface area contributed by atoms with E-state index in [1.807, 2.05) is 35.2 Å². The lowest BCUT2D eigenvalue weighted by atomic mass is 10.2. The Morgan fingerprint density at radius 3 is 2.54 bits per heavy atom. The first-order valence-corrected chi connectivity index (χ1v) is 10.8. The molecule has 3 rings (SSSR count). The van der Waals surface area contributed by atoms with Gasteiger partial charge in [-0.2, -0.15) is 0 Å². The Labute approximate surface area is 185 Å². The Morgan fingerprint density at radius 2 is 1.86 bits per heavy atom. The minimum Gasteiger partial charge on any atom is -0.302 e. The van der Waals surface area contributed by atoms with Crippen molar-refractivity contribution < 1.29 is 4.79 Å². The van der Waals surface area contributed by atoms with Crippen molar-refractivity contribution in [3.8, 4) is 0 Å². The molecule has 0 saturated heterocycles. The molecular weight excluding hydrogens is 458 g/mol. The van der Waals surface area contributed by atoms with E-state index in [4.69, 9.17) is 4.98 Å². The third-order valence-electron chi connectivity index (χ3n) is 4.61. The summed E-state index contributed by atoms with van der Waals surface area (Å²) in [5.41, 5.74) is 2.81. The molecule has 0 aliphatic carbocycles. The van der Waals surface area contributed by atoms with Gasteiger partial charge in [-0.05, 0) is 55.9 Å². The van der Waals surface area contributed by atoms with E-state index >= 15 is 0 Å². The number of rotatable bonds is 7. The van der Waals surface area contributed by atoms with Crippen LogP contribution < -0.4 is 4.90 Å². The zero-order valence-electron chi connectivity index (χ0n) is 16.3. The summed E-state index contributed by atoms with van der Waals surface area (Å²) in [5.74, 6) is -0.0146. The first kappa shape index (κ1) is 22.8. The number of carbonyl (C=O) groups is 1. The Hall–Kier alpha value is -1.47. The standard InChI is InChI=1S/C21H24BrN3OS.ClH/c1-4-24(5-2)11-12-25(20(26)16-7-6-8-17(22)14-16)21-23-18-10-9-15(3)13-19(18)27-21;/h6-10,13-14H,4-5,11-12H2,1-3H3;1H. The summed E-state index contributed by atoms with van der Waals surface area (Å²) in [6, 6.07) is 13.7. The molecule has 4 nitrogen and oxygen atoms in total. The highest BCUT2D eigenvalue weighted by Crippen LogP contribution is 2.30. The van der Waals surface area contributed by atoms with Crippen molar-refractivity contribution in [2.75, 3.05) is 31.1 Å². The van der Waals surface area contributed by atoms with E-state index in [0.717, 1.165) is 39.5 Å². The molecule has 0 bridgehead atoms. The van der Waals surface area contributed by atoms with E-state index in [1.165, 1.54) is 5.56 Å². The highest BCUT2D eigenvalue weighted by atomic mass is 79.9. The number of likely N-dealkylation sites (N-methyl/N-ethyl adjacent to an activating group) is 1. The lowest BCUT2D eigenvalue weighted by Gasteiger charge is -2.24. The molecule has 0 atom stereocenters. The molecule has 0 saturated carbocycles. The molecule has 0 unspecified atom stereocenters. The van der Waals surface area contributed by atoms with E-state index in [9.17, 15) is 4.79 Å². The van der Waals surface area contributed by atoms with Crippen LogP contribution in [0.5, 0.6) is 0 Å². The Morgan fingerprint density at radius 1 is 1.11 bits per heavy atom. The van der Waals surface area contributed by atoms with Crippen LogP contribution in [0.1, 0.15) is 29.8 Å². The number of aromatic nitrogens is 1. The molecule has 1 heterocycles. The van der Waals surface area contributed by atoms with E-state index in [2.05, 4.69) is 53.7 Å². The molecule has 2 aromatic carbocycles. The monoisotopic (exact) mass is 481 g/mol. The molecule has 0 N–H and O–H groups in total. The zero-order valence-corrected chi connectivity index (χ0v) is 19.5. The summed E-state index contributed by atoms with van der Waals surface area (Å²) in [6.07, 6.45) is 0. The van der Waals surface area contributed by atoms with Crippen LogP contribution in [0.2, 0.25) is 0 Å². The van der Waals surface area contributed by atoms with Crippen molar-refractivity contribution in [3.63, 3.8) is 0 Å². The van der Waals surface area contributed by atoms with Gasteiger partial charge in [-0.1, -0.05) is 53.2 Å². The van der Waals surface area contributed by atoms with Crippen LogP contribution >= 0.6 is 39.7 Å². The Kier molecular flexibility index (Phi) is 8.43. The lowest BCUT2D eigenvalue weighted by Crippen LogP contribution is -2.38. The van der Waals surface area contributed by atoms with Crippen molar-refractivity contribution >= 4 is 60.9 Å². The van der Waals surface area contributed by atoms with Gasteiger partial charge in [0.05, 0.1) is 10.2 Å². The molecule has 0 aliphatic heterocycles. The second kappa shape index (κ2) is 10.3. The predicted octanol–water partition coefficient (Wildman–Crippen LogP) is 5.78. The van der Waals surface area contributed by atoms with Crippen molar-refractivity contribution in [2.45, 2.75) is 20.8 Å². The highest BCUT2D eigenvalue weighted by Gasteiger charge is 2.22. The predicted molar refractivity (Wildman–Crippen MR) is 125 cm³/mol. The topological polar surface area (TPSA) is 36.4 Å². The molecule has 150 valence electrons. The largest absolute Gasteiger partial charge is 0.302 e. The molecule has 3 aromatic rings. The molecular formula is C21H25BrClN3OS. The van der Waals surface area contributed by atoms with Crippen LogP contribution in [0.3, 0.4) is 0 Å². The van der Waals surface area contributed by atoms with Crippen molar-refractivity contribution in [3.05, 3.63) is 58.1 Å². The maximum Gasteiger partial charge on any atom is 0.260 e. The van der Waals surface area contributed by atoms with E-state index < -0.39 is 0 Å². The van der Waals surface area contributed by atoms with Gasteiger partial charge in [0.15, 0.2) is 5.13 Å². The number of halogens is 2. The fourth-order valence-electron chi connectivity index (χ4n) is 2.98. The minimum atomic E-state index is -0.0146. The van der Waals surface area contributed by atoms with Crippen LogP contribution in [0, 0.1) is 6.92 Å². The summed E-state index contributed by atoms with van der Waals surface area (Å²) in [7, 11) is 0. The smallest absolute Gasteiger partial charge is 0.260 e. The molecule has 0 aliphatic rings. The molecule has 28 heavy (non-hydrogen) atoms.